The van der Waals surface area contributed by atoms with Crippen LogP contribution in [0.5, 0.6) is 0 Å². The zero-order valence-electron chi connectivity index (χ0n) is 10.7. The minimum absolute atomic E-state index is 0.332. The number of hydrogen-bond donors (Lipinski definition) is 1. The summed E-state index contributed by atoms with van der Waals surface area (Å²) in [6, 6.07) is 1.21. The molecule has 0 amide bonds. The maximum absolute atomic E-state index is 12.2. The van der Waals surface area contributed by atoms with Crippen LogP contribution < -0.4 is 5.32 Å². The van der Waals surface area contributed by atoms with Crippen LogP contribution in [0.4, 0.5) is 13.2 Å². The van der Waals surface area contributed by atoms with Crippen molar-refractivity contribution in [1.29, 1.82) is 0 Å². The molecule has 2 aromatic heterocycles. The van der Waals surface area contributed by atoms with Crippen LogP contribution in [0.15, 0.2) is 18.5 Å². The molecule has 0 aliphatic heterocycles. The van der Waals surface area contributed by atoms with Crippen LogP contribution in [0.2, 0.25) is 0 Å². The number of aromatic nitrogens is 3. The highest BCUT2D eigenvalue weighted by atomic mass is 19.4. The fourth-order valence-electron chi connectivity index (χ4n) is 1.84. The molecule has 0 aliphatic rings. The molecule has 2 aromatic rings. The van der Waals surface area contributed by atoms with E-state index in [4.69, 9.17) is 0 Å². The molecule has 1 atom stereocenters. The summed E-state index contributed by atoms with van der Waals surface area (Å²) in [5.41, 5.74) is 2.37. The van der Waals surface area contributed by atoms with Crippen LogP contribution in [0.3, 0.4) is 0 Å². The zero-order chi connectivity index (χ0) is 14.0. The second kappa shape index (κ2) is 5.16. The minimum atomic E-state index is -4.15. The van der Waals surface area contributed by atoms with Gasteiger partial charge in [0, 0.05) is 36.6 Å². The van der Waals surface area contributed by atoms with E-state index in [0.717, 1.165) is 16.9 Å². The Morgan fingerprint density at radius 1 is 1.42 bits per heavy atom. The average Bonchev–Trinajstić information content (AvgIpc) is 2.63. The van der Waals surface area contributed by atoms with E-state index in [-0.39, 0.29) is 0 Å². The first-order valence-corrected chi connectivity index (χ1v) is 5.94. The third-order valence-corrected chi connectivity index (χ3v) is 2.68. The summed E-state index contributed by atoms with van der Waals surface area (Å²) in [6.07, 6.45) is -1.58. The van der Waals surface area contributed by atoms with Gasteiger partial charge in [-0.1, -0.05) is 0 Å². The summed E-state index contributed by atoms with van der Waals surface area (Å²) < 4.78 is 38.2. The normalized spacial score (nSPS) is 13.9. The molecule has 0 aliphatic carbocycles. The first-order valence-electron chi connectivity index (χ1n) is 5.94. The Morgan fingerprint density at radius 3 is 2.84 bits per heavy atom. The van der Waals surface area contributed by atoms with Crippen molar-refractivity contribution in [1.82, 2.24) is 19.9 Å². The molecule has 2 rings (SSSR count). The Balaban J connectivity index is 1.97. The fourth-order valence-corrected chi connectivity index (χ4v) is 1.84. The number of halogens is 3. The summed E-state index contributed by atoms with van der Waals surface area (Å²) in [7, 11) is 0. The van der Waals surface area contributed by atoms with E-state index in [1.165, 1.54) is 6.92 Å². The third kappa shape index (κ3) is 3.92. The van der Waals surface area contributed by atoms with Crippen LogP contribution in [-0.4, -0.2) is 26.8 Å². The lowest BCUT2D eigenvalue weighted by Crippen LogP contribution is -2.30. The molecular formula is C12H15F3N4. The summed E-state index contributed by atoms with van der Waals surface area (Å²) in [5, 5.41) is 7.03. The molecule has 0 saturated carbocycles. The maximum Gasteiger partial charge on any atom is 0.390 e. The first kappa shape index (κ1) is 13.8. The molecule has 104 valence electrons. The van der Waals surface area contributed by atoms with Crippen LogP contribution in [0, 0.1) is 6.92 Å². The summed E-state index contributed by atoms with van der Waals surface area (Å²) in [6.45, 7) is 3.70. The van der Waals surface area contributed by atoms with Gasteiger partial charge < -0.3 is 5.32 Å². The molecule has 0 fully saturated rings. The largest absolute Gasteiger partial charge is 0.390 e. The second-order valence-electron chi connectivity index (χ2n) is 4.65. The van der Waals surface area contributed by atoms with Gasteiger partial charge in [0.15, 0.2) is 5.65 Å². The lowest BCUT2D eigenvalue weighted by Gasteiger charge is -2.15. The molecule has 0 bridgehead atoms. The molecular weight excluding hydrogens is 257 g/mol. The quantitative estimate of drug-likeness (QED) is 0.929. The highest BCUT2D eigenvalue weighted by Crippen LogP contribution is 2.21. The van der Waals surface area contributed by atoms with E-state index in [2.05, 4.69) is 15.4 Å². The summed E-state index contributed by atoms with van der Waals surface area (Å²) in [4.78, 5) is 4.19. The molecule has 0 aromatic carbocycles. The average molecular weight is 272 g/mol. The van der Waals surface area contributed by atoms with Crippen molar-refractivity contribution in [2.75, 3.05) is 0 Å². The predicted molar refractivity (Wildman–Crippen MR) is 64.7 cm³/mol. The van der Waals surface area contributed by atoms with Crippen molar-refractivity contribution in [2.45, 2.75) is 39.0 Å². The van der Waals surface area contributed by atoms with Crippen LogP contribution >= 0.6 is 0 Å². The fraction of sp³-hybridized carbons (Fsp3) is 0.500. The lowest BCUT2D eigenvalue weighted by molar-refractivity contribution is -0.139. The van der Waals surface area contributed by atoms with Gasteiger partial charge in [0.05, 0.1) is 12.1 Å². The van der Waals surface area contributed by atoms with Crippen LogP contribution in [-0.2, 0) is 6.54 Å². The monoisotopic (exact) mass is 272 g/mol. The predicted octanol–water partition coefficient (Wildman–Crippen LogP) is 2.47. The Hall–Kier alpha value is -1.63. The lowest BCUT2D eigenvalue weighted by atomic mass is 10.2. The van der Waals surface area contributed by atoms with E-state index in [0.29, 0.717) is 6.54 Å². The number of fused-ring (bicyclic) bond motifs is 1. The van der Waals surface area contributed by atoms with Crippen molar-refractivity contribution in [3.05, 3.63) is 29.7 Å². The SMILES string of the molecule is Cc1cc2ncc(CNC(C)CC(F)(F)F)cn2n1. The molecule has 2 heterocycles. The van der Waals surface area contributed by atoms with Crippen molar-refractivity contribution in [3.63, 3.8) is 0 Å². The topological polar surface area (TPSA) is 42.2 Å². The van der Waals surface area contributed by atoms with E-state index in [9.17, 15) is 13.2 Å². The molecule has 19 heavy (non-hydrogen) atoms. The molecule has 1 N–H and O–H groups in total. The van der Waals surface area contributed by atoms with Gasteiger partial charge in [-0.15, -0.1) is 0 Å². The summed E-state index contributed by atoms with van der Waals surface area (Å²) in [5.74, 6) is 0. The number of nitrogens with one attached hydrogen (secondary N) is 1. The molecule has 0 spiro atoms. The Morgan fingerprint density at radius 2 is 2.16 bits per heavy atom. The van der Waals surface area contributed by atoms with Gasteiger partial charge in [0.25, 0.3) is 0 Å². The number of alkyl halides is 3. The molecule has 0 saturated heterocycles. The maximum atomic E-state index is 12.2. The molecule has 0 radical (unpaired) electrons. The molecule has 7 heteroatoms. The Kier molecular flexibility index (Phi) is 3.75. The zero-order valence-corrected chi connectivity index (χ0v) is 10.7. The first-order chi connectivity index (χ1) is 8.83. The van der Waals surface area contributed by atoms with Gasteiger partial charge >= 0.3 is 6.18 Å². The van der Waals surface area contributed by atoms with E-state index < -0.39 is 18.6 Å². The highest BCUT2D eigenvalue weighted by molar-refractivity contribution is 5.38. The van der Waals surface area contributed by atoms with Crippen LogP contribution in [0.25, 0.3) is 5.65 Å². The van der Waals surface area contributed by atoms with Crippen molar-refractivity contribution >= 4 is 5.65 Å². The highest BCUT2D eigenvalue weighted by Gasteiger charge is 2.29. The molecule has 1 unspecified atom stereocenters. The van der Waals surface area contributed by atoms with Gasteiger partial charge in [0.1, 0.15) is 0 Å². The van der Waals surface area contributed by atoms with E-state index >= 15 is 0 Å². The minimum Gasteiger partial charge on any atom is -0.310 e. The number of hydrogen-bond acceptors (Lipinski definition) is 3. The number of aryl methyl sites for hydroxylation is 1. The van der Waals surface area contributed by atoms with Gasteiger partial charge in [0.2, 0.25) is 0 Å². The van der Waals surface area contributed by atoms with E-state index in [1.807, 2.05) is 13.0 Å². The number of nitrogens with zero attached hydrogens (tertiary/aromatic N) is 3. The smallest absolute Gasteiger partial charge is 0.310 e. The number of rotatable bonds is 4. The Bertz CT molecular complexity index is 562. The second-order valence-corrected chi connectivity index (χ2v) is 4.65. The van der Waals surface area contributed by atoms with Crippen LogP contribution in [0.1, 0.15) is 24.6 Å². The Labute approximate surface area is 108 Å². The van der Waals surface area contributed by atoms with Crippen molar-refractivity contribution < 1.29 is 13.2 Å². The standard InChI is InChI=1S/C12H15F3N4/c1-8-3-11-17-6-10(7-19(11)18-8)5-16-9(2)4-12(13,14)15/h3,6-7,9,16H,4-5H2,1-2H3. The van der Waals surface area contributed by atoms with Gasteiger partial charge in [-0.3, -0.25) is 0 Å². The van der Waals surface area contributed by atoms with Crippen molar-refractivity contribution in [3.8, 4) is 0 Å². The van der Waals surface area contributed by atoms with Gasteiger partial charge in [-0.25, -0.2) is 9.50 Å². The van der Waals surface area contributed by atoms with E-state index in [1.54, 1.807) is 16.9 Å². The van der Waals surface area contributed by atoms with Gasteiger partial charge in [-0.2, -0.15) is 18.3 Å². The third-order valence-electron chi connectivity index (χ3n) is 2.68. The van der Waals surface area contributed by atoms with Gasteiger partial charge in [-0.05, 0) is 13.8 Å². The molecule has 4 nitrogen and oxygen atoms in total. The summed E-state index contributed by atoms with van der Waals surface area (Å²) >= 11 is 0. The van der Waals surface area contributed by atoms with Crippen molar-refractivity contribution in [2.24, 2.45) is 0 Å².